The van der Waals surface area contributed by atoms with Crippen LogP contribution >= 0.6 is 11.6 Å². The highest BCUT2D eigenvalue weighted by molar-refractivity contribution is 6.30. The van der Waals surface area contributed by atoms with E-state index in [1.807, 2.05) is 0 Å². The first-order chi connectivity index (χ1) is 12.5. The molecule has 1 heterocycles. The van der Waals surface area contributed by atoms with Gasteiger partial charge in [-0.25, -0.2) is 0 Å². The Morgan fingerprint density at radius 3 is 2.31 bits per heavy atom. The number of carbonyl (C=O) groups excluding carboxylic acids is 3. The Labute approximate surface area is 158 Å². The molecule has 0 radical (unpaired) electrons. The van der Waals surface area contributed by atoms with E-state index in [0.29, 0.717) is 23.9 Å². The van der Waals surface area contributed by atoms with Crippen LogP contribution in [0.1, 0.15) is 25.7 Å². The largest absolute Gasteiger partial charge is 0.492 e. The predicted molar refractivity (Wildman–Crippen MR) is 96.8 cm³/mol. The highest BCUT2D eigenvalue weighted by Gasteiger charge is 2.48. The molecule has 1 aromatic rings. The maximum atomic E-state index is 12.4. The third-order valence-corrected chi connectivity index (χ3v) is 5.41. The van der Waals surface area contributed by atoms with Gasteiger partial charge in [0.05, 0.1) is 18.4 Å². The van der Waals surface area contributed by atoms with E-state index in [1.54, 1.807) is 31.3 Å². The Bertz CT molecular complexity index is 667. The molecule has 0 aromatic heterocycles. The van der Waals surface area contributed by atoms with Gasteiger partial charge >= 0.3 is 0 Å². The van der Waals surface area contributed by atoms with Gasteiger partial charge in [-0.1, -0.05) is 24.4 Å². The second-order valence-electron chi connectivity index (χ2n) is 6.88. The van der Waals surface area contributed by atoms with Crippen molar-refractivity contribution >= 4 is 29.3 Å². The van der Waals surface area contributed by atoms with Gasteiger partial charge in [0.25, 0.3) is 0 Å². The summed E-state index contributed by atoms with van der Waals surface area (Å²) in [6.07, 6.45) is 3.46. The molecule has 0 spiro atoms. The highest BCUT2D eigenvalue weighted by Crippen LogP contribution is 2.37. The number of benzene rings is 1. The van der Waals surface area contributed by atoms with Gasteiger partial charge in [0.1, 0.15) is 18.9 Å². The molecule has 2 fully saturated rings. The Kier molecular flexibility index (Phi) is 5.81. The zero-order chi connectivity index (χ0) is 18.7. The van der Waals surface area contributed by atoms with Gasteiger partial charge in [-0.05, 0) is 37.1 Å². The van der Waals surface area contributed by atoms with Crippen LogP contribution in [0, 0.1) is 11.8 Å². The maximum absolute atomic E-state index is 12.4. The normalized spacial score (nSPS) is 22.3. The van der Waals surface area contributed by atoms with Crippen molar-refractivity contribution in [1.82, 2.24) is 9.80 Å². The smallest absolute Gasteiger partial charge is 0.242 e. The summed E-state index contributed by atoms with van der Waals surface area (Å²) in [4.78, 5) is 39.9. The van der Waals surface area contributed by atoms with Crippen molar-refractivity contribution in [2.45, 2.75) is 25.7 Å². The molecule has 2 aliphatic rings. The van der Waals surface area contributed by atoms with Gasteiger partial charge in [0.15, 0.2) is 0 Å². The number of likely N-dealkylation sites (tertiary alicyclic amines) is 1. The Morgan fingerprint density at radius 1 is 1.15 bits per heavy atom. The maximum Gasteiger partial charge on any atom is 0.242 e. The number of amides is 3. The van der Waals surface area contributed by atoms with Gasteiger partial charge in [-0.3, -0.25) is 19.3 Å². The van der Waals surface area contributed by atoms with Crippen LogP contribution in [0.5, 0.6) is 5.75 Å². The summed E-state index contributed by atoms with van der Waals surface area (Å²) in [5.74, 6) is -0.391. The van der Waals surface area contributed by atoms with Gasteiger partial charge in [0, 0.05) is 12.1 Å². The first-order valence-electron chi connectivity index (χ1n) is 8.95. The number of carbonyl (C=O) groups is 3. The average molecular weight is 379 g/mol. The standard InChI is InChI=1S/C19H23ClN2O4/c1-21(10-11-26-14-8-6-13(20)7-9-14)17(23)12-22-18(24)15-4-2-3-5-16(15)19(22)25/h6-9,15-16H,2-5,10-12H2,1H3/t15-,16+. The summed E-state index contributed by atoms with van der Waals surface area (Å²) in [6, 6.07) is 6.98. The Hall–Kier alpha value is -2.08. The molecule has 0 unspecified atom stereocenters. The lowest BCUT2D eigenvalue weighted by Crippen LogP contribution is -2.42. The van der Waals surface area contributed by atoms with Crippen molar-refractivity contribution < 1.29 is 19.1 Å². The number of ether oxygens (including phenoxy) is 1. The van der Waals surface area contributed by atoms with E-state index in [1.165, 1.54) is 4.90 Å². The van der Waals surface area contributed by atoms with Gasteiger partial charge in [-0.2, -0.15) is 0 Å². The fourth-order valence-electron chi connectivity index (χ4n) is 3.60. The zero-order valence-electron chi connectivity index (χ0n) is 14.8. The van der Waals surface area contributed by atoms with E-state index in [2.05, 4.69) is 0 Å². The quantitative estimate of drug-likeness (QED) is 0.713. The molecule has 1 aliphatic carbocycles. The van der Waals surface area contributed by atoms with E-state index in [4.69, 9.17) is 16.3 Å². The van der Waals surface area contributed by atoms with Crippen LogP contribution in [-0.2, 0) is 14.4 Å². The molecule has 7 heteroatoms. The number of nitrogens with zero attached hydrogens (tertiary/aromatic N) is 2. The van der Waals surface area contributed by atoms with E-state index in [9.17, 15) is 14.4 Å². The highest BCUT2D eigenvalue weighted by atomic mass is 35.5. The molecule has 1 saturated carbocycles. The molecule has 1 aromatic carbocycles. The van der Waals surface area contributed by atoms with Gasteiger partial charge < -0.3 is 9.64 Å². The van der Waals surface area contributed by atoms with Crippen molar-refractivity contribution in [2.24, 2.45) is 11.8 Å². The molecule has 6 nitrogen and oxygen atoms in total. The van der Waals surface area contributed by atoms with E-state index < -0.39 is 0 Å². The summed E-state index contributed by atoms with van der Waals surface area (Å²) < 4.78 is 5.57. The number of rotatable bonds is 6. The van der Waals surface area contributed by atoms with Crippen LogP contribution in [-0.4, -0.2) is 54.3 Å². The zero-order valence-corrected chi connectivity index (χ0v) is 15.6. The number of fused-ring (bicyclic) bond motifs is 1. The van der Waals surface area contributed by atoms with Crippen LogP contribution in [0.15, 0.2) is 24.3 Å². The first kappa shape index (κ1) is 18.7. The summed E-state index contributed by atoms with van der Waals surface area (Å²) in [5, 5.41) is 0.630. The number of likely N-dealkylation sites (N-methyl/N-ethyl adjacent to an activating group) is 1. The Balaban J connectivity index is 1.48. The van der Waals surface area contributed by atoms with Gasteiger partial charge in [-0.15, -0.1) is 0 Å². The molecule has 1 aliphatic heterocycles. The van der Waals surface area contributed by atoms with E-state index >= 15 is 0 Å². The molecule has 3 amide bonds. The van der Waals surface area contributed by atoms with Gasteiger partial charge in [0.2, 0.25) is 17.7 Å². The third-order valence-electron chi connectivity index (χ3n) is 5.16. The lowest BCUT2D eigenvalue weighted by Gasteiger charge is -2.21. The Morgan fingerprint density at radius 2 is 1.73 bits per heavy atom. The molecular formula is C19H23ClN2O4. The molecule has 3 rings (SSSR count). The van der Waals surface area contributed by atoms with Crippen LogP contribution in [0.3, 0.4) is 0 Å². The minimum absolute atomic E-state index is 0.178. The number of hydrogen-bond acceptors (Lipinski definition) is 4. The first-order valence-corrected chi connectivity index (χ1v) is 9.32. The second-order valence-corrected chi connectivity index (χ2v) is 7.31. The lowest BCUT2D eigenvalue weighted by molar-refractivity contribution is -0.146. The summed E-state index contributed by atoms with van der Waals surface area (Å²) in [6.45, 7) is 0.504. The second kappa shape index (κ2) is 8.08. The molecule has 0 bridgehead atoms. The number of halogens is 1. The molecule has 1 saturated heterocycles. The fourth-order valence-corrected chi connectivity index (χ4v) is 3.72. The predicted octanol–water partition coefficient (Wildman–Crippen LogP) is 2.35. The summed E-state index contributed by atoms with van der Waals surface area (Å²) in [5.41, 5.74) is 0. The average Bonchev–Trinajstić information content (AvgIpc) is 2.88. The number of hydrogen-bond donors (Lipinski definition) is 0. The van der Waals surface area contributed by atoms with Crippen molar-refractivity contribution in [3.63, 3.8) is 0 Å². The van der Waals surface area contributed by atoms with Crippen LogP contribution in [0.2, 0.25) is 5.02 Å². The van der Waals surface area contributed by atoms with Crippen molar-refractivity contribution in [3.8, 4) is 5.75 Å². The molecule has 2 atom stereocenters. The summed E-state index contributed by atoms with van der Waals surface area (Å²) in [7, 11) is 1.64. The number of imide groups is 1. The molecule has 26 heavy (non-hydrogen) atoms. The molecule has 0 N–H and O–H groups in total. The van der Waals surface area contributed by atoms with E-state index in [0.717, 1.165) is 30.6 Å². The third kappa shape index (κ3) is 4.01. The van der Waals surface area contributed by atoms with Crippen LogP contribution in [0.25, 0.3) is 0 Å². The van der Waals surface area contributed by atoms with Crippen LogP contribution < -0.4 is 4.74 Å². The summed E-state index contributed by atoms with van der Waals surface area (Å²) >= 11 is 5.82. The fraction of sp³-hybridized carbons (Fsp3) is 0.526. The topological polar surface area (TPSA) is 66.9 Å². The molecular weight excluding hydrogens is 356 g/mol. The van der Waals surface area contributed by atoms with Crippen molar-refractivity contribution in [3.05, 3.63) is 29.3 Å². The minimum atomic E-state index is -0.259. The van der Waals surface area contributed by atoms with Crippen LogP contribution in [0.4, 0.5) is 0 Å². The van der Waals surface area contributed by atoms with E-state index in [-0.39, 0.29) is 36.1 Å². The van der Waals surface area contributed by atoms with Crippen molar-refractivity contribution in [2.75, 3.05) is 26.7 Å². The minimum Gasteiger partial charge on any atom is -0.492 e. The molecule has 140 valence electrons. The SMILES string of the molecule is CN(CCOc1ccc(Cl)cc1)C(=O)CN1C(=O)[C@H]2CCCC[C@H]2C1=O. The monoisotopic (exact) mass is 378 g/mol. The van der Waals surface area contributed by atoms with Crippen molar-refractivity contribution in [1.29, 1.82) is 0 Å². The lowest BCUT2D eigenvalue weighted by atomic mass is 9.81.